The summed E-state index contributed by atoms with van der Waals surface area (Å²) in [4.78, 5) is 7.31. The molecule has 1 aromatic carbocycles. The van der Waals surface area contributed by atoms with Crippen LogP contribution in [0.3, 0.4) is 0 Å². The van der Waals surface area contributed by atoms with E-state index in [0.29, 0.717) is 0 Å². The number of aliphatic imine (C=N–C) groups is 1. The van der Waals surface area contributed by atoms with Crippen molar-refractivity contribution in [2.24, 2.45) is 4.99 Å². The monoisotopic (exact) mass is 536 g/mol. The van der Waals surface area contributed by atoms with Gasteiger partial charge in [0.1, 0.15) is 0 Å². The van der Waals surface area contributed by atoms with Gasteiger partial charge in [-0.3, -0.25) is 9.89 Å². The lowest BCUT2D eigenvalue weighted by Gasteiger charge is -2.26. The lowest BCUT2D eigenvalue weighted by Crippen LogP contribution is -2.44. The summed E-state index contributed by atoms with van der Waals surface area (Å²) in [6.45, 7) is 9.54. The van der Waals surface area contributed by atoms with Gasteiger partial charge in [0.25, 0.3) is 0 Å². The largest absolute Gasteiger partial charge is 0.379 e. The maximum atomic E-state index is 5.40. The van der Waals surface area contributed by atoms with Gasteiger partial charge < -0.3 is 15.4 Å². The van der Waals surface area contributed by atoms with Gasteiger partial charge in [0.05, 0.1) is 19.8 Å². The van der Waals surface area contributed by atoms with Gasteiger partial charge in [-0.25, -0.2) is 0 Å². The number of nitrogens with one attached hydrogen (secondary N) is 2. The first-order valence-corrected chi connectivity index (χ1v) is 10.1. The van der Waals surface area contributed by atoms with E-state index in [1.165, 1.54) is 18.4 Å². The van der Waals surface area contributed by atoms with Crippen LogP contribution in [0.5, 0.6) is 0 Å². The highest BCUT2D eigenvalue weighted by Gasteiger charge is 2.44. The fraction of sp³-hybridized carbons (Fsp3) is 0.632. The van der Waals surface area contributed by atoms with E-state index in [4.69, 9.17) is 9.73 Å². The van der Waals surface area contributed by atoms with Crippen LogP contribution >= 0.6 is 39.9 Å². The van der Waals surface area contributed by atoms with Crippen molar-refractivity contribution in [1.29, 1.82) is 0 Å². The smallest absolute Gasteiger partial charge is 0.191 e. The minimum Gasteiger partial charge on any atom is -0.379 e. The Morgan fingerprint density at radius 2 is 2.04 bits per heavy atom. The minimum atomic E-state index is 0. The molecule has 1 saturated carbocycles. The highest BCUT2D eigenvalue weighted by Crippen LogP contribution is 2.48. The standard InChI is InChI=1S/C19H29BrN4O.HI/c1-2-21-18(22-8-9-24-10-12-25-13-11-24)23-15-19(6-7-19)16-4-3-5-17(20)14-16;/h3-5,14H,2,6-13,15H2,1H3,(H2,21,22,23);1H. The van der Waals surface area contributed by atoms with Crippen molar-refractivity contribution in [1.82, 2.24) is 15.5 Å². The summed E-state index contributed by atoms with van der Waals surface area (Å²) < 4.78 is 6.55. The van der Waals surface area contributed by atoms with Gasteiger partial charge in [-0.15, -0.1) is 24.0 Å². The van der Waals surface area contributed by atoms with E-state index >= 15 is 0 Å². The van der Waals surface area contributed by atoms with Gasteiger partial charge in [0.2, 0.25) is 0 Å². The van der Waals surface area contributed by atoms with Gasteiger partial charge in [-0.1, -0.05) is 28.1 Å². The predicted molar refractivity (Wildman–Crippen MR) is 122 cm³/mol. The summed E-state index contributed by atoms with van der Waals surface area (Å²) in [5.41, 5.74) is 1.63. The zero-order valence-corrected chi connectivity index (χ0v) is 19.4. The average molecular weight is 537 g/mol. The zero-order chi connectivity index (χ0) is 17.5. The van der Waals surface area contributed by atoms with Crippen LogP contribution in [-0.4, -0.2) is 63.3 Å². The van der Waals surface area contributed by atoms with E-state index in [9.17, 15) is 0 Å². The van der Waals surface area contributed by atoms with Crippen LogP contribution in [0.15, 0.2) is 33.7 Å². The van der Waals surface area contributed by atoms with Gasteiger partial charge in [-0.05, 0) is 37.5 Å². The molecule has 7 heteroatoms. The predicted octanol–water partition coefficient (Wildman–Crippen LogP) is 2.99. The Bertz CT molecular complexity index is 589. The van der Waals surface area contributed by atoms with E-state index in [1.807, 2.05) is 0 Å². The Morgan fingerprint density at radius 1 is 1.27 bits per heavy atom. The van der Waals surface area contributed by atoms with Gasteiger partial charge in [0.15, 0.2) is 5.96 Å². The number of hydrogen-bond acceptors (Lipinski definition) is 3. The minimum absolute atomic E-state index is 0. The van der Waals surface area contributed by atoms with Crippen molar-refractivity contribution in [3.8, 4) is 0 Å². The summed E-state index contributed by atoms with van der Waals surface area (Å²) in [7, 11) is 0. The van der Waals surface area contributed by atoms with E-state index in [-0.39, 0.29) is 29.4 Å². The molecule has 146 valence electrons. The van der Waals surface area contributed by atoms with Gasteiger partial charge >= 0.3 is 0 Å². The van der Waals surface area contributed by atoms with E-state index in [2.05, 4.69) is 62.7 Å². The number of rotatable bonds is 7. The number of guanidine groups is 1. The molecule has 1 aliphatic heterocycles. The normalized spacial score (nSPS) is 19.5. The van der Waals surface area contributed by atoms with Crippen LogP contribution in [0.2, 0.25) is 0 Å². The number of halogens is 2. The Hall–Kier alpha value is -0.380. The number of benzene rings is 1. The molecule has 0 aromatic heterocycles. The Morgan fingerprint density at radius 3 is 2.69 bits per heavy atom. The number of morpholine rings is 1. The molecule has 5 nitrogen and oxygen atoms in total. The molecule has 1 heterocycles. The summed E-state index contributed by atoms with van der Waals surface area (Å²) in [5, 5.41) is 6.85. The SMILES string of the molecule is CCNC(=NCC1(c2cccc(Br)c2)CC1)NCCN1CCOCC1.I. The van der Waals surface area contributed by atoms with Crippen molar-refractivity contribution in [3.63, 3.8) is 0 Å². The molecular weight excluding hydrogens is 507 g/mol. The van der Waals surface area contributed by atoms with Crippen LogP contribution in [0, 0.1) is 0 Å². The summed E-state index contributed by atoms with van der Waals surface area (Å²) in [6, 6.07) is 8.67. The fourth-order valence-corrected chi connectivity index (χ4v) is 3.64. The third-order valence-electron chi connectivity index (χ3n) is 5.00. The Labute approximate surface area is 182 Å². The quantitative estimate of drug-likeness (QED) is 0.319. The topological polar surface area (TPSA) is 48.9 Å². The number of hydrogen-bond donors (Lipinski definition) is 2. The molecule has 1 aliphatic carbocycles. The molecule has 2 aliphatic rings. The van der Waals surface area contributed by atoms with Crippen LogP contribution in [0.25, 0.3) is 0 Å². The molecule has 0 atom stereocenters. The second kappa shape index (κ2) is 10.8. The first-order chi connectivity index (χ1) is 12.2. The molecule has 1 aromatic rings. The lowest BCUT2D eigenvalue weighted by atomic mass is 9.96. The van der Waals surface area contributed by atoms with Crippen molar-refractivity contribution in [2.45, 2.75) is 25.2 Å². The Balaban J connectivity index is 0.00000243. The molecule has 0 unspecified atom stereocenters. The van der Waals surface area contributed by atoms with Crippen molar-refractivity contribution < 1.29 is 4.74 Å². The van der Waals surface area contributed by atoms with Crippen LogP contribution in [0.4, 0.5) is 0 Å². The van der Waals surface area contributed by atoms with Crippen LogP contribution < -0.4 is 10.6 Å². The van der Waals surface area contributed by atoms with Gasteiger partial charge in [0, 0.05) is 42.6 Å². The van der Waals surface area contributed by atoms with Crippen LogP contribution in [0.1, 0.15) is 25.3 Å². The molecule has 3 rings (SSSR count). The maximum Gasteiger partial charge on any atom is 0.191 e. The molecule has 0 amide bonds. The third-order valence-corrected chi connectivity index (χ3v) is 5.49. The highest BCUT2D eigenvalue weighted by molar-refractivity contribution is 14.0. The molecule has 1 saturated heterocycles. The first-order valence-electron chi connectivity index (χ1n) is 9.30. The molecular formula is C19H30BrIN4O. The zero-order valence-electron chi connectivity index (χ0n) is 15.5. The Kier molecular flexibility index (Phi) is 9.12. The average Bonchev–Trinajstić information content (AvgIpc) is 3.42. The van der Waals surface area contributed by atoms with E-state index in [0.717, 1.165) is 62.9 Å². The van der Waals surface area contributed by atoms with E-state index < -0.39 is 0 Å². The molecule has 0 bridgehead atoms. The highest BCUT2D eigenvalue weighted by atomic mass is 127. The summed E-state index contributed by atoms with van der Waals surface area (Å²) in [5.74, 6) is 0.928. The van der Waals surface area contributed by atoms with Crippen molar-refractivity contribution in [2.75, 3.05) is 52.5 Å². The summed E-state index contributed by atoms with van der Waals surface area (Å²) in [6.07, 6.45) is 2.44. The molecule has 2 N–H and O–H groups in total. The second-order valence-corrected chi connectivity index (χ2v) is 7.78. The third kappa shape index (κ3) is 6.35. The fourth-order valence-electron chi connectivity index (χ4n) is 3.24. The number of nitrogens with zero attached hydrogens (tertiary/aromatic N) is 2. The van der Waals surface area contributed by atoms with Crippen molar-refractivity contribution >= 4 is 45.9 Å². The number of ether oxygens (including phenoxy) is 1. The molecule has 0 radical (unpaired) electrons. The second-order valence-electron chi connectivity index (χ2n) is 6.87. The first kappa shape index (κ1) is 21.9. The van der Waals surface area contributed by atoms with E-state index in [1.54, 1.807) is 0 Å². The molecule has 2 fully saturated rings. The lowest BCUT2D eigenvalue weighted by molar-refractivity contribution is 0.0389. The van der Waals surface area contributed by atoms with Crippen molar-refractivity contribution in [3.05, 3.63) is 34.3 Å². The maximum absolute atomic E-state index is 5.40. The molecule has 26 heavy (non-hydrogen) atoms. The molecule has 0 spiro atoms. The van der Waals surface area contributed by atoms with Crippen LogP contribution in [-0.2, 0) is 10.2 Å². The summed E-state index contributed by atoms with van der Waals surface area (Å²) >= 11 is 3.59. The van der Waals surface area contributed by atoms with Gasteiger partial charge in [-0.2, -0.15) is 0 Å².